The van der Waals surface area contributed by atoms with Crippen molar-refractivity contribution in [1.29, 1.82) is 0 Å². The third-order valence-electron chi connectivity index (χ3n) is 4.40. The first-order valence-electron chi connectivity index (χ1n) is 7.43. The molecule has 0 aromatic heterocycles. The van der Waals surface area contributed by atoms with Crippen LogP contribution in [0.5, 0.6) is 5.75 Å². The molecule has 5 nitrogen and oxygen atoms in total. The van der Waals surface area contributed by atoms with Crippen LogP contribution in [0.25, 0.3) is 0 Å². The van der Waals surface area contributed by atoms with Crippen LogP contribution >= 0.6 is 0 Å². The fourth-order valence-electron chi connectivity index (χ4n) is 2.98. The molecule has 0 heterocycles. The summed E-state index contributed by atoms with van der Waals surface area (Å²) >= 11 is 0. The molecular formula is C16H24N2O3. The van der Waals surface area contributed by atoms with Crippen LogP contribution in [0.4, 0.5) is 5.69 Å². The molecule has 0 bridgehead atoms. The summed E-state index contributed by atoms with van der Waals surface area (Å²) in [6, 6.07) is 5.15. The van der Waals surface area contributed by atoms with E-state index in [2.05, 4.69) is 5.32 Å². The van der Waals surface area contributed by atoms with Gasteiger partial charge in [-0.15, -0.1) is 0 Å². The first-order valence-corrected chi connectivity index (χ1v) is 7.43. The summed E-state index contributed by atoms with van der Waals surface area (Å²) in [6.07, 6.45) is 5.34. The number of nitrogens with one attached hydrogen (secondary N) is 1. The molecule has 1 fully saturated rings. The fourth-order valence-corrected chi connectivity index (χ4v) is 2.98. The minimum absolute atomic E-state index is 0.112. The number of para-hydroxylation sites is 1. The summed E-state index contributed by atoms with van der Waals surface area (Å²) in [5.74, 6) is 0.280. The highest BCUT2D eigenvalue weighted by Gasteiger charge is 2.32. The van der Waals surface area contributed by atoms with E-state index in [-0.39, 0.29) is 17.9 Å². The number of nitrogens with two attached hydrogens (primary N) is 1. The monoisotopic (exact) mass is 292 g/mol. The molecule has 116 valence electrons. The van der Waals surface area contributed by atoms with Crippen LogP contribution in [-0.2, 0) is 0 Å². The number of hydrogen-bond acceptors (Lipinski definition) is 4. The zero-order valence-electron chi connectivity index (χ0n) is 12.5. The van der Waals surface area contributed by atoms with Gasteiger partial charge in [0.2, 0.25) is 0 Å². The molecule has 4 N–H and O–H groups in total. The van der Waals surface area contributed by atoms with Gasteiger partial charge in [-0.2, -0.15) is 0 Å². The molecule has 0 radical (unpaired) electrons. The third kappa shape index (κ3) is 3.47. The van der Waals surface area contributed by atoms with Gasteiger partial charge < -0.3 is 20.9 Å². The Morgan fingerprint density at radius 2 is 2.10 bits per heavy atom. The summed E-state index contributed by atoms with van der Waals surface area (Å²) in [5.41, 5.74) is 6.52. The Bertz CT molecular complexity index is 496. The quantitative estimate of drug-likeness (QED) is 0.724. The van der Waals surface area contributed by atoms with Gasteiger partial charge in [0.25, 0.3) is 5.91 Å². The van der Waals surface area contributed by atoms with Gasteiger partial charge in [0, 0.05) is 12.0 Å². The maximum absolute atomic E-state index is 12.3. The Kier molecular flexibility index (Phi) is 5.07. The maximum Gasteiger partial charge on any atom is 0.253 e. The molecule has 0 atom stereocenters. The van der Waals surface area contributed by atoms with Gasteiger partial charge in [-0.3, -0.25) is 4.79 Å². The number of carbonyl (C=O) groups excluding carboxylic acids is 1. The van der Waals surface area contributed by atoms with Crippen LogP contribution in [0.3, 0.4) is 0 Å². The van der Waals surface area contributed by atoms with Gasteiger partial charge in [-0.05, 0) is 25.0 Å². The van der Waals surface area contributed by atoms with Crippen molar-refractivity contribution in [3.05, 3.63) is 23.8 Å². The SMILES string of the molecule is COc1cccc(C(=O)NCC2(CO)CCCCC2)c1N. The van der Waals surface area contributed by atoms with Gasteiger partial charge in [-0.25, -0.2) is 0 Å². The standard InChI is InChI=1S/C16H24N2O3/c1-21-13-7-5-6-12(14(13)17)15(20)18-10-16(11-19)8-3-2-4-9-16/h5-7,19H,2-4,8-11,17H2,1H3,(H,18,20). The van der Waals surface area contributed by atoms with E-state index >= 15 is 0 Å². The van der Waals surface area contributed by atoms with Crippen molar-refractivity contribution >= 4 is 11.6 Å². The second-order valence-electron chi connectivity index (χ2n) is 5.82. The van der Waals surface area contributed by atoms with E-state index in [9.17, 15) is 9.90 Å². The summed E-state index contributed by atoms with van der Waals surface area (Å²) < 4.78 is 5.13. The Morgan fingerprint density at radius 3 is 2.71 bits per heavy atom. The summed E-state index contributed by atoms with van der Waals surface area (Å²) in [5, 5.41) is 12.6. The molecule has 0 aliphatic heterocycles. The number of benzene rings is 1. The Hall–Kier alpha value is -1.75. The number of methoxy groups -OCH3 is 1. The molecular weight excluding hydrogens is 268 g/mol. The number of rotatable bonds is 5. The number of aliphatic hydroxyl groups is 1. The van der Waals surface area contributed by atoms with Gasteiger partial charge in [-0.1, -0.05) is 25.3 Å². The average Bonchev–Trinajstić information content (AvgIpc) is 2.54. The van der Waals surface area contributed by atoms with Crippen molar-refractivity contribution in [2.24, 2.45) is 5.41 Å². The summed E-state index contributed by atoms with van der Waals surface area (Å²) in [7, 11) is 1.52. The molecule has 1 aromatic rings. The van der Waals surface area contributed by atoms with Gasteiger partial charge in [0.15, 0.2) is 0 Å². The second kappa shape index (κ2) is 6.80. The van der Waals surface area contributed by atoms with Gasteiger partial charge in [0.1, 0.15) is 5.75 Å². The molecule has 21 heavy (non-hydrogen) atoms. The minimum atomic E-state index is -0.218. The van der Waals surface area contributed by atoms with Crippen LogP contribution in [0.2, 0.25) is 0 Å². The molecule has 2 rings (SSSR count). The van der Waals surface area contributed by atoms with E-state index in [0.29, 0.717) is 23.5 Å². The lowest BCUT2D eigenvalue weighted by Crippen LogP contribution is -2.41. The second-order valence-corrected chi connectivity index (χ2v) is 5.82. The molecule has 1 saturated carbocycles. The van der Waals surface area contributed by atoms with E-state index in [0.717, 1.165) is 25.7 Å². The van der Waals surface area contributed by atoms with Crippen LogP contribution in [0, 0.1) is 5.41 Å². The van der Waals surface area contributed by atoms with E-state index in [1.165, 1.54) is 13.5 Å². The van der Waals surface area contributed by atoms with Crippen molar-refractivity contribution < 1.29 is 14.6 Å². The zero-order chi connectivity index (χ0) is 15.3. The fraction of sp³-hybridized carbons (Fsp3) is 0.562. The molecule has 1 aliphatic rings. The summed E-state index contributed by atoms with van der Waals surface area (Å²) in [4.78, 5) is 12.3. The maximum atomic E-state index is 12.3. The first-order chi connectivity index (χ1) is 10.1. The number of carbonyl (C=O) groups is 1. The van der Waals surface area contributed by atoms with Crippen LogP contribution in [0.1, 0.15) is 42.5 Å². The number of hydrogen-bond donors (Lipinski definition) is 3. The number of aliphatic hydroxyl groups excluding tert-OH is 1. The highest BCUT2D eigenvalue weighted by atomic mass is 16.5. The highest BCUT2D eigenvalue weighted by Crippen LogP contribution is 2.35. The van der Waals surface area contributed by atoms with Crippen molar-refractivity contribution in [3.63, 3.8) is 0 Å². The van der Waals surface area contributed by atoms with E-state index in [1.54, 1.807) is 18.2 Å². The number of anilines is 1. The van der Waals surface area contributed by atoms with E-state index < -0.39 is 0 Å². The Labute approximate surface area is 125 Å². The number of ether oxygens (including phenoxy) is 1. The van der Waals surface area contributed by atoms with Gasteiger partial charge >= 0.3 is 0 Å². The molecule has 5 heteroatoms. The van der Waals surface area contributed by atoms with Crippen LogP contribution in [-0.4, -0.2) is 31.3 Å². The normalized spacial score (nSPS) is 17.2. The lowest BCUT2D eigenvalue weighted by molar-refractivity contribution is 0.0718. The number of nitrogen functional groups attached to an aromatic ring is 1. The molecule has 1 aromatic carbocycles. The molecule has 0 saturated heterocycles. The highest BCUT2D eigenvalue weighted by molar-refractivity contribution is 6.00. The lowest BCUT2D eigenvalue weighted by atomic mass is 9.74. The van der Waals surface area contributed by atoms with Crippen molar-refractivity contribution in [2.75, 3.05) is 26.0 Å². The smallest absolute Gasteiger partial charge is 0.253 e. The van der Waals surface area contributed by atoms with Crippen LogP contribution < -0.4 is 15.8 Å². The van der Waals surface area contributed by atoms with Gasteiger partial charge in [0.05, 0.1) is 25.0 Å². The lowest BCUT2D eigenvalue weighted by Gasteiger charge is -2.35. The van der Waals surface area contributed by atoms with Crippen molar-refractivity contribution in [3.8, 4) is 5.75 Å². The summed E-state index contributed by atoms with van der Waals surface area (Å²) in [6.45, 7) is 0.597. The third-order valence-corrected chi connectivity index (χ3v) is 4.40. The largest absolute Gasteiger partial charge is 0.495 e. The zero-order valence-corrected chi connectivity index (χ0v) is 12.5. The van der Waals surface area contributed by atoms with E-state index in [4.69, 9.17) is 10.5 Å². The first kappa shape index (κ1) is 15.6. The predicted octanol–water partition coefficient (Wildman–Crippen LogP) is 1.95. The van der Waals surface area contributed by atoms with E-state index in [1.807, 2.05) is 0 Å². The minimum Gasteiger partial charge on any atom is -0.495 e. The predicted molar refractivity (Wildman–Crippen MR) is 82.3 cm³/mol. The van der Waals surface area contributed by atoms with Crippen molar-refractivity contribution in [2.45, 2.75) is 32.1 Å². The molecule has 0 unspecified atom stereocenters. The molecule has 1 aliphatic carbocycles. The molecule has 1 amide bonds. The number of amides is 1. The topological polar surface area (TPSA) is 84.6 Å². The van der Waals surface area contributed by atoms with Crippen molar-refractivity contribution in [1.82, 2.24) is 5.32 Å². The average molecular weight is 292 g/mol. The Morgan fingerprint density at radius 1 is 1.38 bits per heavy atom. The Balaban J connectivity index is 2.04. The molecule has 0 spiro atoms. The van der Waals surface area contributed by atoms with Crippen LogP contribution in [0.15, 0.2) is 18.2 Å².